The van der Waals surface area contributed by atoms with Gasteiger partial charge in [-0.25, -0.2) is 9.97 Å². The molecule has 5 heteroatoms. The van der Waals surface area contributed by atoms with Crippen LogP contribution in [-0.4, -0.2) is 14.5 Å². The highest BCUT2D eigenvalue weighted by atomic mass is 16.5. The standard InChI is InChI=1S/C31H28N4O/c1-4-29-34-30-21(2)16-22(3)33-31(30)35(29)19-23-10-12-25(13-11-23)28-17-27(15-14-26(28)18-32)36-20-24-8-6-5-7-9-24/h5-17H,4,19-20H2,1-3H3. The maximum atomic E-state index is 9.70. The molecule has 0 atom stereocenters. The second kappa shape index (κ2) is 10.1. The van der Waals surface area contributed by atoms with Gasteiger partial charge in [0.05, 0.1) is 18.2 Å². The topological polar surface area (TPSA) is 63.7 Å². The van der Waals surface area contributed by atoms with Crippen LogP contribution in [-0.2, 0) is 19.6 Å². The molecule has 2 aromatic heterocycles. The molecule has 3 aromatic carbocycles. The molecule has 0 bridgehead atoms. The molecular formula is C31H28N4O. The molecule has 0 saturated carbocycles. The molecule has 0 aliphatic carbocycles. The van der Waals surface area contributed by atoms with Gasteiger partial charge in [0.2, 0.25) is 0 Å². The predicted octanol–water partition coefficient (Wildman–Crippen LogP) is 6.78. The van der Waals surface area contributed by atoms with Crippen LogP contribution >= 0.6 is 0 Å². The van der Waals surface area contributed by atoms with Crippen molar-refractivity contribution in [2.75, 3.05) is 0 Å². The fourth-order valence-corrected chi connectivity index (χ4v) is 4.55. The summed E-state index contributed by atoms with van der Waals surface area (Å²) in [5.74, 6) is 1.77. The summed E-state index contributed by atoms with van der Waals surface area (Å²) in [5.41, 5.74) is 8.79. The molecule has 0 aliphatic heterocycles. The summed E-state index contributed by atoms with van der Waals surface area (Å²) >= 11 is 0. The van der Waals surface area contributed by atoms with E-state index in [1.807, 2.05) is 55.5 Å². The number of imidazole rings is 1. The second-order valence-electron chi connectivity index (χ2n) is 9.01. The van der Waals surface area contributed by atoms with Gasteiger partial charge in [0, 0.05) is 17.7 Å². The highest BCUT2D eigenvalue weighted by molar-refractivity contribution is 5.76. The highest BCUT2D eigenvalue weighted by Gasteiger charge is 2.14. The number of nitrogens with zero attached hydrogens (tertiary/aromatic N) is 4. The van der Waals surface area contributed by atoms with Crippen molar-refractivity contribution < 1.29 is 4.74 Å². The largest absolute Gasteiger partial charge is 0.489 e. The third kappa shape index (κ3) is 4.71. The minimum atomic E-state index is 0.483. The van der Waals surface area contributed by atoms with Crippen LogP contribution < -0.4 is 4.74 Å². The van der Waals surface area contributed by atoms with Crippen LogP contribution in [0.1, 0.15) is 40.7 Å². The van der Waals surface area contributed by atoms with E-state index in [9.17, 15) is 5.26 Å². The molecule has 0 fully saturated rings. The normalized spacial score (nSPS) is 10.9. The van der Waals surface area contributed by atoms with E-state index in [-0.39, 0.29) is 0 Å². The summed E-state index contributed by atoms with van der Waals surface area (Å²) in [6, 6.07) is 28.5. The first-order chi connectivity index (χ1) is 17.6. The molecule has 0 saturated heterocycles. The van der Waals surface area contributed by atoms with Gasteiger partial charge in [-0.2, -0.15) is 5.26 Å². The first-order valence-corrected chi connectivity index (χ1v) is 12.2. The first-order valence-electron chi connectivity index (χ1n) is 12.2. The molecule has 36 heavy (non-hydrogen) atoms. The number of hydrogen-bond acceptors (Lipinski definition) is 4. The number of pyridine rings is 1. The number of ether oxygens (including phenoxy) is 1. The fraction of sp³-hybridized carbons (Fsp3) is 0.194. The van der Waals surface area contributed by atoms with Gasteiger partial charge in [-0.1, -0.05) is 61.5 Å². The van der Waals surface area contributed by atoms with Crippen LogP contribution in [0, 0.1) is 25.2 Å². The fourth-order valence-electron chi connectivity index (χ4n) is 4.55. The summed E-state index contributed by atoms with van der Waals surface area (Å²) in [5, 5.41) is 9.70. The van der Waals surface area contributed by atoms with Gasteiger partial charge in [-0.05, 0) is 60.4 Å². The number of aromatic nitrogens is 3. The Morgan fingerprint density at radius 1 is 0.889 bits per heavy atom. The Kier molecular flexibility index (Phi) is 6.51. The van der Waals surface area contributed by atoms with Crippen molar-refractivity contribution in [3.8, 4) is 22.9 Å². The molecule has 5 rings (SSSR count). The number of fused-ring (bicyclic) bond motifs is 1. The van der Waals surface area contributed by atoms with Crippen molar-refractivity contribution in [1.82, 2.24) is 14.5 Å². The zero-order valence-electron chi connectivity index (χ0n) is 20.8. The number of nitriles is 1. The van der Waals surface area contributed by atoms with Crippen molar-refractivity contribution >= 4 is 11.2 Å². The Hall–Kier alpha value is -4.43. The summed E-state index contributed by atoms with van der Waals surface area (Å²) in [6.45, 7) is 7.42. The molecule has 0 spiro atoms. The van der Waals surface area contributed by atoms with Crippen molar-refractivity contribution in [3.63, 3.8) is 0 Å². The van der Waals surface area contributed by atoms with Crippen LogP contribution in [0.5, 0.6) is 5.75 Å². The lowest BCUT2D eigenvalue weighted by Gasteiger charge is -2.12. The lowest BCUT2D eigenvalue weighted by atomic mass is 9.99. The van der Waals surface area contributed by atoms with Crippen molar-refractivity contribution in [1.29, 1.82) is 5.26 Å². The van der Waals surface area contributed by atoms with Gasteiger partial charge < -0.3 is 9.30 Å². The summed E-state index contributed by atoms with van der Waals surface area (Å²) in [4.78, 5) is 9.64. The van der Waals surface area contributed by atoms with E-state index < -0.39 is 0 Å². The molecule has 0 radical (unpaired) electrons. The predicted molar refractivity (Wildman–Crippen MR) is 143 cm³/mol. The van der Waals surface area contributed by atoms with E-state index >= 15 is 0 Å². The van der Waals surface area contributed by atoms with Gasteiger partial charge in [-0.3, -0.25) is 0 Å². The minimum Gasteiger partial charge on any atom is -0.489 e. The number of rotatable bonds is 7. The summed E-state index contributed by atoms with van der Waals surface area (Å²) < 4.78 is 8.22. The molecule has 2 heterocycles. The van der Waals surface area contributed by atoms with Gasteiger partial charge in [-0.15, -0.1) is 0 Å². The quantitative estimate of drug-likeness (QED) is 0.262. The van der Waals surface area contributed by atoms with Gasteiger partial charge in [0.15, 0.2) is 5.65 Å². The molecule has 5 nitrogen and oxygen atoms in total. The third-order valence-electron chi connectivity index (χ3n) is 6.38. The van der Waals surface area contributed by atoms with Gasteiger partial charge in [0.1, 0.15) is 23.7 Å². The SMILES string of the molecule is CCc1nc2c(C)cc(C)nc2n1Cc1ccc(-c2cc(OCc3ccccc3)ccc2C#N)cc1. The van der Waals surface area contributed by atoms with E-state index in [4.69, 9.17) is 14.7 Å². The van der Waals surface area contributed by atoms with E-state index in [2.05, 4.69) is 54.8 Å². The van der Waals surface area contributed by atoms with E-state index in [1.54, 1.807) is 0 Å². The number of benzene rings is 3. The Bertz CT molecular complexity index is 1560. The van der Waals surface area contributed by atoms with Crippen LogP contribution in [0.2, 0.25) is 0 Å². The molecule has 0 unspecified atom stereocenters. The third-order valence-corrected chi connectivity index (χ3v) is 6.38. The average molecular weight is 473 g/mol. The zero-order chi connectivity index (χ0) is 25.1. The van der Waals surface area contributed by atoms with Crippen LogP contribution in [0.25, 0.3) is 22.3 Å². The lowest BCUT2D eigenvalue weighted by Crippen LogP contribution is -2.05. The molecule has 5 aromatic rings. The number of aryl methyl sites for hydroxylation is 3. The highest BCUT2D eigenvalue weighted by Crippen LogP contribution is 2.29. The molecule has 0 amide bonds. The van der Waals surface area contributed by atoms with E-state index in [1.165, 1.54) is 0 Å². The average Bonchev–Trinajstić information content (AvgIpc) is 3.26. The van der Waals surface area contributed by atoms with Gasteiger partial charge in [0.25, 0.3) is 0 Å². The Labute approximate surface area is 211 Å². The van der Waals surface area contributed by atoms with Crippen LogP contribution in [0.15, 0.2) is 78.9 Å². The second-order valence-corrected chi connectivity index (χ2v) is 9.01. The summed E-state index contributed by atoms with van der Waals surface area (Å²) in [6.07, 6.45) is 0.842. The van der Waals surface area contributed by atoms with E-state index in [0.717, 1.165) is 62.7 Å². The van der Waals surface area contributed by atoms with E-state index in [0.29, 0.717) is 18.7 Å². The smallest absolute Gasteiger partial charge is 0.160 e. The Morgan fingerprint density at radius 3 is 2.39 bits per heavy atom. The van der Waals surface area contributed by atoms with Crippen LogP contribution in [0.4, 0.5) is 0 Å². The molecule has 178 valence electrons. The summed E-state index contributed by atoms with van der Waals surface area (Å²) in [7, 11) is 0. The lowest BCUT2D eigenvalue weighted by molar-refractivity contribution is 0.306. The first kappa shape index (κ1) is 23.3. The molecular weight excluding hydrogens is 444 g/mol. The number of hydrogen-bond donors (Lipinski definition) is 0. The monoisotopic (exact) mass is 472 g/mol. The molecule has 0 N–H and O–H groups in total. The Morgan fingerprint density at radius 2 is 1.67 bits per heavy atom. The van der Waals surface area contributed by atoms with Gasteiger partial charge >= 0.3 is 0 Å². The maximum Gasteiger partial charge on any atom is 0.160 e. The molecule has 0 aliphatic rings. The zero-order valence-corrected chi connectivity index (χ0v) is 20.8. The maximum absolute atomic E-state index is 9.70. The van der Waals surface area contributed by atoms with Crippen LogP contribution in [0.3, 0.4) is 0 Å². The minimum absolute atomic E-state index is 0.483. The van der Waals surface area contributed by atoms with Crippen molar-refractivity contribution in [3.05, 3.63) is 113 Å². The van der Waals surface area contributed by atoms with Crippen molar-refractivity contribution in [2.45, 2.75) is 40.3 Å². The Balaban J connectivity index is 1.41. The van der Waals surface area contributed by atoms with Crippen molar-refractivity contribution in [2.24, 2.45) is 0 Å².